The van der Waals surface area contributed by atoms with Crippen LogP contribution in [0.25, 0.3) is 33.4 Å². The van der Waals surface area contributed by atoms with E-state index in [1.54, 1.807) is 0 Å². The lowest BCUT2D eigenvalue weighted by Crippen LogP contribution is -2.32. The van der Waals surface area contributed by atoms with Crippen LogP contribution in [0.5, 0.6) is 11.5 Å². The molecule has 0 fully saturated rings. The number of para-hydroxylation sites is 2. The van der Waals surface area contributed by atoms with Crippen LogP contribution in [0.15, 0.2) is 140 Å². The summed E-state index contributed by atoms with van der Waals surface area (Å²) in [7, 11) is 0. The molecule has 1 aliphatic carbocycles. The van der Waals surface area contributed by atoms with Crippen molar-refractivity contribution in [3.05, 3.63) is 167 Å². The van der Waals surface area contributed by atoms with Gasteiger partial charge in [-0.2, -0.15) is 5.26 Å². The Bertz CT molecular complexity index is 1930. The zero-order valence-electron chi connectivity index (χ0n) is 21.6. The second kappa shape index (κ2) is 8.56. The highest BCUT2D eigenvalue weighted by molar-refractivity contribution is 5.90. The van der Waals surface area contributed by atoms with Crippen molar-refractivity contribution in [1.29, 1.82) is 5.26 Å². The molecule has 0 radical (unpaired) electrons. The molecule has 0 saturated heterocycles. The molecule has 0 amide bonds. The molecule has 186 valence electrons. The van der Waals surface area contributed by atoms with Gasteiger partial charge >= 0.3 is 0 Å². The maximum atomic E-state index is 9.14. The van der Waals surface area contributed by atoms with E-state index in [9.17, 15) is 0 Å². The van der Waals surface area contributed by atoms with Gasteiger partial charge < -0.3 is 4.74 Å². The number of benzene rings is 6. The van der Waals surface area contributed by atoms with Crippen molar-refractivity contribution in [1.82, 2.24) is 0 Å². The summed E-state index contributed by atoms with van der Waals surface area (Å²) in [6.45, 7) is 0. The Morgan fingerprint density at radius 1 is 0.450 bits per heavy atom. The van der Waals surface area contributed by atoms with Crippen LogP contribution in [0.4, 0.5) is 0 Å². The second-order valence-corrected chi connectivity index (χ2v) is 10.4. The third-order valence-electron chi connectivity index (χ3n) is 8.42. The number of ether oxygens (including phenoxy) is 1. The molecule has 0 aromatic heterocycles. The predicted molar refractivity (Wildman–Crippen MR) is 159 cm³/mol. The SMILES string of the molecule is N#Cc1ccc(-c2ccc(-c3cccc4c3Oc3ccccc3C43c4ccccc4-c4ccccc43)cc2)cc1. The Hall–Kier alpha value is -5.39. The van der Waals surface area contributed by atoms with Crippen molar-refractivity contribution in [2.24, 2.45) is 0 Å². The first kappa shape index (κ1) is 22.6. The summed E-state index contributed by atoms with van der Waals surface area (Å²) in [5.74, 6) is 1.79. The molecule has 2 nitrogen and oxygen atoms in total. The van der Waals surface area contributed by atoms with Crippen molar-refractivity contribution in [3.8, 4) is 50.9 Å². The molecule has 6 aromatic rings. The van der Waals surface area contributed by atoms with E-state index in [1.807, 2.05) is 24.3 Å². The number of nitriles is 1. The molecular weight excluding hydrogens is 486 g/mol. The topological polar surface area (TPSA) is 33.0 Å². The monoisotopic (exact) mass is 509 g/mol. The predicted octanol–water partition coefficient (Wildman–Crippen LogP) is 9.36. The molecule has 1 heterocycles. The maximum absolute atomic E-state index is 9.14. The Labute approximate surface area is 233 Å². The zero-order valence-corrected chi connectivity index (χ0v) is 21.6. The summed E-state index contributed by atoms with van der Waals surface area (Å²) in [6, 6.07) is 51.1. The standard InChI is InChI=1S/C38H23NO/c39-24-25-16-18-26(19-17-25)27-20-22-28(23-21-27)29-10-7-14-35-37(29)40-36-15-6-5-13-34(36)38(35)32-11-3-1-8-30(32)31-9-2-4-12-33(31)38/h1-23H. The fraction of sp³-hybridized carbons (Fsp3) is 0.0263. The van der Waals surface area contributed by atoms with Crippen molar-refractivity contribution >= 4 is 0 Å². The molecule has 1 spiro atoms. The lowest BCUT2D eigenvalue weighted by Gasteiger charge is -2.40. The molecule has 0 unspecified atom stereocenters. The first-order valence-corrected chi connectivity index (χ1v) is 13.5. The van der Waals surface area contributed by atoms with E-state index in [4.69, 9.17) is 10.00 Å². The normalized spacial score (nSPS) is 13.4. The average molecular weight is 510 g/mol. The van der Waals surface area contributed by atoms with Gasteiger partial charge in [-0.15, -0.1) is 0 Å². The average Bonchev–Trinajstić information content (AvgIpc) is 3.32. The summed E-state index contributed by atoms with van der Waals surface area (Å²) >= 11 is 0. The van der Waals surface area contributed by atoms with E-state index in [0.717, 1.165) is 39.3 Å². The van der Waals surface area contributed by atoms with Gasteiger partial charge in [0, 0.05) is 16.7 Å². The molecular formula is C38H23NO. The molecule has 0 N–H and O–H groups in total. The maximum Gasteiger partial charge on any atom is 0.140 e. The van der Waals surface area contributed by atoms with E-state index in [1.165, 1.54) is 27.8 Å². The highest BCUT2D eigenvalue weighted by atomic mass is 16.5. The van der Waals surface area contributed by atoms with Crippen LogP contribution < -0.4 is 4.74 Å². The van der Waals surface area contributed by atoms with E-state index in [2.05, 4.69) is 121 Å². The molecule has 6 aromatic carbocycles. The van der Waals surface area contributed by atoms with Crippen LogP contribution in [0.3, 0.4) is 0 Å². The van der Waals surface area contributed by atoms with Gasteiger partial charge in [-0.3, -0.25) is 0 Å². The minimum atomic E-state index is -0.462. The summed E-state index contributed by atoms with van der Waals surface area (Å²) in [5.41, 5.74) is 12.0. The molecule has 2 aliphatic rings. The molecule has 2 heteroatoms. The second-order valence-electron chi connectivity index (χ2n) is 10.4. The van der Waals surface area contributed by atoms with Gasteiger partial charge in [-0.1, -0.05) is 121 Å². The summed E-state index contributed by atoms with van der Waals surface area (Å²) < 4.78 is 6.79. The van der Waals surface area contributed by atoms with Crippen LogP contribution >= 0.6 is 0 Å². The number of fused-ring (bicyclic) bond motifs is 9. The first-order valence-electron chi connectivity index (χ1n) is 13.5. The lowest BCUT2D eigenvalue weighted by atomic mass is 9.65. The summed E-state index contributed by atoms with van der Waals surface area (Å²) in [6.07, 6.45) is 0. The third-order valence-corrected chi connectivity index (χ3v) is 8.42. The minimum Gasteiger partial charge on any atom is -0.456 e. The van der Waals surface area contributed by atoms with Crippen LogP contribution in [0.2, 0.25) is 0 Å². The third kappa shape index (κ3) is 3.04. The van der Waals surface area contributed by atoms with Gasteiger partial charge in [0.05, 0.1) is 17.0 Å². The number of rotatable bonds is 2. The van der Waals surface area contributed by atoms with E-state index in [0.29, 0.717) is 5.56 Å². The van der Waals surface area contributed by atoms with E-state index >= 15 is 0 Å². The molecule has 40 heavy (non-hydrogen) atoms. The van der Waals surface area contributed by atoms with Gasteiger partial charge in [0.1, 0.15) is 11.5 Å². The Morgan fingerprint density at radius 2 is 0.950 bits per heavy atom. The van der Waals surface area contributed by atoms with Gasteiger partial charge in [-0.05, 0) is 57.1 Å². The summed E-state index contributed by atoms with van der Waals surface area (Å²) in [5, 5.41) is 9.14. The Morgan fingerprint density at radius 3 is 1.60 bits per heavy atom. The van der Waals surface area contributed by atoms with Crippen molar-refractivity contribution in [2.45, 2.75) is 5.41 Å². The fourth-order valence-corrected chi connectivity index (χ4v) is 6.68. The van der Waals surface area contributed by atoms with Crippen molar-refractivity contribution < 1.29 is 4.74 Å². The Balaban J connectivity index is 1.35. The fourth-order valence-electron chi connectivity index (χ4n) is 6.68. The highest BCUT2D eigenvalue weighted by Crippen LogP contribution is 2.63. The molecule has 1 aliphatic heterocycles. The van der Waals surface area contributed by atoms with E-state index < -0.39 is 5.41 Å². The summed E-state index contributed by atoms with van der Waals surface area (Å²) in [4.78, 5) is 0. The minimum absolute atomic E-state index is 0.462. The van der Waals surface area contributed by atoms with Crippen LogP contribution in [0, 0.1) is 11.3 Å². The van der Waals surface area contributed by atoms with E-state index in [-0.39, 0.29) is 0 Å². The number of nitrogens with zero attached hydrogens (tertiary/aromatic N) is 1. The quantitative estimate of drug-likeness (QED) is 0.233. The van der Waals surface area contributed by atoms with Crippen molar-refractivity contribution in [2.75, 3.05) is 0 Å². The van der Waals surface area contributed by atoms with Gasteiger partial charge in [0.15, 0.2) is 0 Å². The number of hydrogen-bond donors (Lipinski definition) is 0. The van der Waals surface area contributed by atoms with Gasteiger partial charge in [0.2, 0.25) is 0 Å². The smallest absolute Gasteiger partial charge is 0.140 e. The van der Waals surface area contributed by atoms with Gasteiger partial charge in [-0.25, -0.2) is 0 Å². The zero-order chi connectivity index (χ0) is 26.7. The first-order chi connectivity index (χ1) is 19.8. The molecule has 0 atom stereocenters. The molecule has 8 rings (SSSR count). The number of hydrogen-bond acceptors (Lipinski definition) is 2. The molecule has 0 bridgehead atoms. The van der Waals surface area contributed by atoms with Crippen LogP contribution in [-0.2, 0) is 5.41 Å². The largest absolute Gasteiger partial charge is 0.456 e. The van der Waals surface area contributed by atoms with Crippen LogP contribution in [0.1, 0.15) is 27.8 Å². The highest BCUT2D eigenvalue weighted by Gasteiger charge is 2.51. The lowest BCUT2D eigenvalue weighted by molar-refractivity contribution is 0.438. The van der Waals surface area contributed by atoms with Gasteiger partial charge in [0.25, 0.3) is 0 Å². The van der Waals surface area contributed by atoms with Crippen LogP contribution in [-0.4, -0.2) is 0 Å². The van der Waals surface area contributed by atoms with Crippen molar-refractivity contribution in [3.63, 3.8) is 0 Å². The Kier molecular flexibility index (Phi) is 4.83. The molecule has 0 saturated carbocycles.